The smallest absolute Gasteiger partial charge is 0.226 e. The van der Waals surface area contributed by atoms with Crippen molar-refractivity contribution in [3.8, 4) is 0 Å². The molecule has 2 heterocycles. The van der Waals surface area contributed by atoms with Crippen molar-refractivity contribution >= 4 is 17.2 Å². The van der Waals surface area contributed by atoms with E-state index in [1.165, 1.54) is 4.88 Å². The average Bonchev–Trinajstić information content (AvgIpc) is 2.59. The summed E-state index contributed by atoms with van der Waals surface area (Å²) in [4.78, 5) is 15.2. The van der Waals surface area contributed by atoms with Crippen molar-refractivity contribution in [2.75, 3.05) is 13.1 Å². The predicted molar refractivity (Wildman–Crippen MR) is 59.3 cm³/mol. The quantitative estimate of drug-likeness (QED) is 0.826. The van der Waals surface area contributed by atoms with Gasteiger partial charge in [-0.1, -0.05) is 6.07 Å². The number of likely N-dealkylation sites (tertiary alicyclic amines) is 1. The van der Waals surface area contributed by atoms with Crippen molar-refractivity contribution in [1.82, 2.24) is 4.90 Å². The molecule has 1 saturated carbocycles. The lowest BCUT2D eigenvalue weighted by atomic mass is 10.2. The van der Waals surface area contributed by atoms with E-state index in [-0.39, 0.29) is 5.92 Å². The Labute approximate surface area is 92.9 Å². The van der Waals surface area contributed by atoms with Gasteiger partial charge in [0.15, 0.2) is 0 Å². The van der Waals surface area contributed by atoms with Gasteiger partial charge in [-0.25, -0.2) is 0 Å². The fraction of sp³-hybridized carbons (Fsp3) is 0.545. The Morgan fingerprint density at radius 2 is 2.47 bits per heavy atom. The van der Waals surface area contributed by atoms with E-state index < -0.39 is 0 Å². The first-order valence-electron chi connectivity index (χ1n) is 5.32. The number of thiophene rings is 1. The van der Waals surface area contributed by atoms with E-state index in [1.54, 1.807) is 11.3 Å². The molecule has 0 spiro atoms. The monoisotopic (exact) mass is 222 g/mol. The van der Waals surface area contributed by atoms with Crippen LogP contribution >= 0.6 is 11.3 Å². The molecule has 1 aromatic heterocycles. The highest BCUT2D eigenvalue weighted by Crippen LogP contribution is 2.52. The van der Waals surface area contributed by atoms with Crippen LogP contribution in [0.2, 0.25) is 0 Å². The summed E-state index contributed by atoms with van der Waals surface area (Å²) in [5.74, 6) is 1.62. The standard InChI is InChI=1S/C11H14N2OS/c12-4-8-9-6-13(11(14)10(8)9)5-7-2-1-3-15-7/h1-3,8-10H,4-6,12H2. The summed E-state index contributed by atoms with van der Waals surface area (Å²) in [7, 11) is 0. The number of amides is 1. The molecule has 1 aliphatic carbocycles. The van der Waals surface area contributed by atoms with Gasteiger partial charge in [-0.2, -0.15) is 0 Å². The van der Waals surface area contributed by atoms with Crippen LogP contribution < -0.4 is 5.73 Å². The van der Waals surface area contributed by atoms with Gasteiger partial charge in [-0.15, -0.1) is 11.3 Å². The van der Waals surface area contributed by atoms with E-state index in [0.717, 1.165) is 13.1 Å². The van der Waals surface area contributed by atoms with Crippen molar-refractivity contribution in [3.63, 3.8) is 0 Å². The van der Waals surface area contributed by atoms with Crippen molar-refractivity contribution in [2.45, 2.75) is 6.54 Å². The Morgan fingerprint density at radius 3 is 3.00 bits per heavy atom. The highest BCUT2D eigenvalue weighted by Gasteiger charge is 2.60. The molecule has 3 unspecified atom stereocenters. The molecule has 3 rings (SSSR count). The van der Waals surface area contributed by atoms with Gasteiger partial charge in [0.25, 0.3) is 0 Å². The van der Waals surface area contributed by atoms with Crippen LogP contribution in [0.15, 0.2) is 17.5 Å². The maximum absolute atomic E-state index is 11.9. The molecular formula is C11H14N2OS. The maximum Gasteiger partial charge on any atom is 0.226 e. The summed E-state index contributed by atoms with van der Waals surface area (Å²) in [5, 5.41) is 2.05. The van der Waals surface area contributed by atoms with Crippen LogP contribution in [0, 0.1) is 17.8 Å². The second kappa shape index (κ2) is 3.32. The third-order valence-corrected chi connectivity index (χ3v) is 4.42. The Hall–Kier alpha value is -0.870. The molecule has 2 fully saturated rings. The topological polar surface area (TPSA) is 46.3 Å². The SMILES string of the molecule is NCC1C2CN(Cc3cccs3)C(=O)C12. The van der Waals surface area contributed by atoms with E-state index >= 15 is 0 Å². The molecule has 3 atom stereocenters. The van der Waals surface area contributed by atoms with E-state index in [0.29, 0.717) is 24.3 Å². The molecule has 4 heteroatoms. The van der Waals surface area contributed by atoms with Crippen LogP contribution in [0.3, 0.4) is 0 Å². The zero-order valence-corrected chi connectivity index (χ0v) is 9.24. The highest BCUT2D eigenvalue weighted by atomic mass is 32.1. The van der Waals surface area contributed by atoms with E-state index in [2.05, 4.69) is 11.4 Å². The lowest BCUT2D eigenvalue weighted by molar-refractivity contribution is -0.131. The molecule has 1 amide bonds. The third-order valence-electron chi connectivity index (χ3n) is 3.56. The fourth-order valence-corrected chi connectivity index (χ4v) is 3.39. The first kappa shape index (κ1) is 9.36. The van der Waals surface area contributed by atoms with E-state index in [4.69, 9.17) is 5.73 Å². The molecule has 2 aliphatic rings. The zero-order chi connectivity index (χ0) is 10.4. The van der Waals surface area contributed by atoms with Crippen molar-refractivity contribution in [1.29, 1.82) is 0 Å². The summed E-state index contributed by atoms with van der Waals surface area (Å²) >= 11 is 1.72. The van der Waals surface area contributed by atoms with Gasteiger partial charge in [0.1, 0.15) is 0 Å². The molecule has 80 valence electrons. The molecule has 0 radical (unpaired) electrons. The Balaban J connectivity index is 1.65. The number of hydrogen-bond acceptors (Lipinski definition) is 3. The maximum atomic E-state index is 11.9. The number of nitrogens with two attached hydrogens (primary N) is 1. The summed E-state index contributed by atoms with van der Waals surface area (Å²) in [6.07, 6.45) is 0. The molecule has 0 bridgehead atoms. The van der Waals surface area contributed by atoms with Crippen molar-refractivity contribution in [3.05, 3.63) is 22.4 Å². The van der Waals surface area contributed by atoms with Crippen LogP contribution in [0.1, 0.15) is 4.88 Å². The van der Waals surface area contributed by atoms with Gasteiger partial charge in [0.2, 0.25) is 5.91 Å². The van der Waals surface area contributed by atoms with Gasteiger partial charge < -0.3 is 10.6 Å². The van der Waals surface area contributed by atoms with E-state index in [1.807, 2.05) is 11.0 Å². The lowest BCUT2D eigenvalue weighted by Crippen LogP contribution is -2.30. The van der Waals surface area contributed by atoms with Crippen LogP contribution in [0.25, 0.3) is 0 Å². The minimum absolute atomic E-state index is 0.259. The highest BCUT2D eigenvalue weighted by molar-refractivity contribution is 7.09. The molecular weight excluding hydrogens is 208 g/mol. The van der Waals surface area contributed by atoms with Gasteiger partial charge in [0.05, 0.1) is 6.54 Å². The summed E-state index contributed by atoms with van der Waals surface area (Å²) in [5.41, 5.74) is 5.60. The van der Waals surface area contributed by atoms with E-state index in [9.17, 15) is 4.79 Å². The number of carbonyl (C=O) groups is 1. The molecule has 2 N–H and O–H groups in total. The molecule has 3 nitrogen and oxygen atoms in total. The van der Waals surface area contributed by atoms with Crippen LogP contribution in [-0.2, 0) is 11.3 Å². The van der Waals surface area contributed by atoms with Gasteiger partial charge >= 0.3 is 0 Å². The molecule has 0 aromatic carbocycles. The second-order valence-electron chi connectivity index (χ2n) is 4.39. The predicted octanol–water partition coefficient (Wildman–Crippen LogP) is 0.911. The fourth-order valence-electron chi connectivity index (χ4n) is 2.67. The number of rotatable bonds is 3. The number of carbonyl (C=O) groups excluding carboxylic acids is 1. The number of nitrogens with zero attached hydrogens (tertiary/aromatic N) is 1. The Bertz CT molecular complexity index is 376. The van der Waals surface area contributed by atoms with Gasteiger partial charge in [-0.3, -0.25) is 4.79 Å². The second-order valence-corrected chi connectivity index (χ2v) is 5.42. The van der Waals surface area contributed by atoms with Crippen molar-refractivity contribution in [2.24, 2.45) is 23.5 Å². The summed E-state index contributed by atoms with van der Waals surface area (Å²) in [6.45, 7) is 2.39. The zero-order valence-electron chi connectivity index (χ0n) is 8.43. The normalized spacial score (nSPS) is 33.3. The average molecular weight is 222 g/mol. The minimum Gasteiger partial charge on any atom is -0.337 e. The van der Waals surface area contributed by atoms with Crippen LogP contribution in [0.5, 0.6) is 0 Å². The summed E-state index contributed by atoms with van der Waals surface area (Å²) in [6, 6.07) is 4.12. The lowest BCUT2D eigenvalue weighted by Gasteiger charge is -2.18. The Kier molecular flexibility index (Phi) is 2.07. The van der Waals surface area contributed by atoms with Gasteiger partial charge in [0, 0.05) is 17.3 Å². The first-order valence-corrected chi connectivity index (χ1v) is 6.20. The number of fused-ring (bicyclic) bond motifs is 1. The Morgan fingerprint density at radius 1 is 1.60 bits per heavy atom. The molecule has 1 aromatic rings. The van der Waals surface area contributed by atoms with Gasteiger partial charge in [-0.05, 0) is 29.8 Å². The first-order chi connectivity index (χ1) is 7.31. The van der Waals surface area contributed by atoms with Crippen molar-refractivity contribution < 1.29 is 4.79 Å². The molecule has 15 heavy (non-hydrogen) atoms. The number of piperidine rings is 1. The van der Waals surface area contributed by atoms with Crippen LogP contribution in [-0.4, -0.2) is 23.9 Å². The number of hydrogen-bond donors (Lipinski definition) is 1. The molecule has 1 aliphatic heterocycles. The third kappa shape index (κ3) is 1.40. The minimum atomic E-state index is 0.259. The van der Waals surface area contributed by atoms with Crippen LogP contribution in [0.4, 0.5) is 0 Å². The summed E-state index contributed by atoms with van der Waals surface area (Å²) < 4.78 is 0. The molecule has 1 saturated heterocycles. The largest absolute Gasteiger partial charge is 0.337 e.